The van der Waals surface area contributed by atoms with Crippen molar-refractivity contribution >= 4 is 29.1 Å². The molecule has 0 unspecified atom stereocenters. The van der Waals surface area contributed by atoms with Gasteiger partial charge in [0.1, 0.15) is 0 Å². The van der Waals surface area contributed by atoms with Gasteiger partial charge in [0.25, 0.3) is 5.91 Å². The number of nitrogens with zero attached hydrogens (tertiary/aromatic N) is 3. The van der Waals surface area contributed by atoms with Crippen molar-refractivity contribution in [1.29, 1.82) is 0 Å². The number of pyridine rings is 1. The normalized spacial score (nSPS) is 17.2. The molecule has 2 aromatic rings. The molecule has 1 aromatic carbocycles. The maximum absolute atomic E-state index is 12.7. The van der Waals surface area contributed by atoms with Gasteiger partial charge in [-0.3, -0.25) is 14.6 Å². The molecule has 5 nitrogen and oxygen atoms in total. The van der Waals surface area contributed by atoms with Crippen LogP contribution >= 0.6 is 11.6 Å². The minimum absolute atomic E-state index is 0.0420. The topological polar surface area (TPSA) is 53.5 Å². The summed E-state index contributed by atoms with van der Waals surface area (Å²) in [5.74, 6) is 0.149. The highest BCUT2D eigenvalue weighted by Gasteiger charge is 2.29. The highest BCUT2D eigenvalue weighted by molar-refractivity contribution is 6.31. The molecule has 2 aliphatic heterocycles. The Bertz CT molecular complexity index is 852. The van der Waals surface area contributed by atoms with E-state index in [9.17, 15) is 9.59 Å². The summed E-state index contributed by atoms with van der Waals surface area (Å²) in [6.45, 7) is 1.82. The quantitative estimate of drug-likeness (QED) is 0.847. The Morgan fingerprint density at radius 1 is 1.12 bits per heavy atom. The number of amides is 2. The molecule has 2 amide bonds. The Morgan fingerprint density at radius 2 is 2.00 bits per heavy atom. The fourth-order valence-electron chi connectivity index (χ4n) is 3.46. The van der Waals surface area contributed by atoms with Crippen molar-refractivity contribution in [2.45, 2.75) is 32.4 Å². The summed E-state index contributed by atoms with van der Waals surface area (Å²) in [6, 6.07) is 7.28. The number of carbonyl (C=O) groups is 2. The second-order valence-electron chi connectivity index (χ2n) is 6.52. The van der Waals surface area contributed by atoms with E-state index >= 15 is 0 Å². The number of anilines is 1. The van der Waals surface area contributed by atoms with Crippen LogP contribution in [0.1, 0.15) is 40.7 Å². The molecular formula is C19H18ClN3O2. The molecule has 0 bridgehead atoms. The second kappa shape index (κ2) is 6.48. The van der Waals surface area contributed by atoms with Crippen LogP contribution in [-0.2, 0) is 17.9 Å². The average molecular weight is 356 g/mol. The van der Waals surface area contributed by atoms with Gasteiger partial charge in [-0.2, -0.15) is 0 Å². The molecule has 0 saturated carbocycles. The van der Waals surface area contributed by atoms with E-state index in [1.165, 1.54) is 0 Å². The van der Waals surface area contributed by atoms with E-state index in [1.807, 2.05) is 17.0 Å². The minimum Gasteiger partial charge on any atom is -0.338 e. The van der Waals surface area contributed by atoms with Crippen LogP contribution in [0.15, 0.2) is 36.7 Å². The molecule has 3 heterocycles. The van der Waals surface area contributed by atoms with Gasteiger partial charge in [0.2, 0.25) is 5.91 Å². The predicted octanol–water partition coefficient (Wildman–Crippen LogP) is 3.41. The van der Waals surface area contributed by atoms with E-state index < -0.39 is 0 Å². The molecule has 6 heteroatoms. The van der Waals surface area contributed by atoms with Crippen LogP contribution < -0.4 is 4.90 Å². The number of hydrogen-bond acceptors (Lipinski definition) is 3. The molecule has 1 aromatic heterocycles. The van der Waals surface area contributed by atoms with E-state index in [1.54, 1.807) is 29.4 Å². The summed E-state index contributed by atoms with van der Waals surface area (Å²) in [4.78, 5) is 32.5. The van der Waals surface area contributed by atoms with Crippen molar-refractivity contribution in [2.75, 3.05) is 11.4 Å². The van der Waals surface area contributed by atoms with Gasteiger partial charge >= 0.3 is 0 Å². The van der Waals surface area contributed by atoms with Crippen molar-refractivity contribution in [3.8, 4) is 0 Å². The Kier molecular flexibility index (Phi) is 4.17. The smallest absolute Gasteiger partial charge is 0.258 e. The number of fused-ring (bicyclic) bond motifs is 1. The zero-order valence-electron chi connectivity index (χ0n) is 13.7. The van der Waals surface area contributed by atoms with Gasteiger partial charge < -0.3 is 9.80 Å². The number of halogens is 1. The maximum Gasteiger partial charge on any atom is 0.258 e. The Labute approximate surface area is 151 Å². The number of rotatable bonds is 3. The molecule has 0 N–H and O–H groups in total. The first-order chi connectivity index (χ1) is 12.1. The first-order valence-corrected chi connectivity index (χ1v) is 8.81. The van der Waals surface area contributed by atoms with Crippen LogP contribution in [0.5, 0.6) is 0 Å². The number of hydrogen-bond donors (Lipinski definition) is 0. The van der Waals surface area contributed by atoms with E-state index in [2.05, 4.69) is 4.98 Å². The first kappa shape index (κ1) is 16.1. The summed E-state index contributed by atoms with van der Waals surface area (Å²) >= 11 is 6.03. The van der Waals surface area contributed by atoms with Gasteiger partial charge in [-0.15, -0.1) is 0 Å². The molecule has 4 rings (SSSR count). The number of likely N-dealkylation sites (tertiary alicyclic amines) is 1. The van der Waals surface area contributed by atoms with Crippen molar-refractivity contribution in [2.24, 2.45) is 0 Å². The summed E-state index contributed by atoms with van der Waals surface area (Å²) in [5, 5.41) is 0.629. The van der Waals surface area contributed by atoms with E-state index in [-0.39, 0.29) is 11.8 Å². The summed E-state index contributed by atoms with van der Waals surface area (Å²) in [5.41, 5.74) is 3.30. The Hall–Kier alpha value is -2.40. The number of carbonyl (C=O) groups excluding carboxylic acids is 2. The average Bonchev–Trinajstić information content (AvgIpc) is 2.93. The molecule has 0 aliphatic carbocycles. The van der Waals surface area contributed by atoms with E-state index in [0.717, 1.165) is 36.2 Å². The lowest BCUT2D eigenvalue weighted by Crippen LogP contribution is -2.34. The summed E-state index contributed by atoms with van der Waals surface area (Å²) < 4.78 is 0. The standard InChI is InChI=1S/C19H18ClN3O2/c20-15-4-5-17-14(8-15)12-23(19(17)25)16-7-13(9-21-10-16)11-22-6-2-1-3-18(22)24/h4-5,7-10H,1-3,6,11-12H2. The second-order valence-corrected chi connectivity index (χ2v) is 6.95. The number of benzene rings is 1. The fourth-order valence-corrected chi connectivity index (χ4v) is 3.65. The lowest BCUT2D eigenvalue weighted by atomic mass is 10.1. The van der Waals surface area contributed by atoms with E-state index in [4.69, 9.17) is 11.6 Å². The SMILES string of the molecule is O=C1CCCCN1Cc1cncc(N2Cc3cc(Cl)ccc3C2=O)c1. The molecule has 0 spiro atoms. The molecular weight excluding hydrogens is 338 g/mol. The van der Waals surface area contributed by atoms with Crippen LogP contribution in [0.4, 0.5) is 5.69 Å². The highest BCUT2D eigenvalue weighted by atomic mass is 35.5. The van der Waals surface area contributed by atoms with Crippen LogP contribution in [-0.4, -0.2) is 28.2 Å². The molecule has 0 atom stereocenters. The monoisotopic (exact) mass is 355 g/mol. The van der Waals surface area contributed by atoms with E-state index in [0.29, 0.717) is 30.1 Å². The van der Waals surface area contributed by atoms with Crippen molar-refractivity contribution in [3.05, 3.63) is 58.4 Å². The van der Waals surface area contributed by atoms with Crippen LogP contribution in [0, 0.1) is 0 Å². The molecule has 2 aliphatic rings. The van der Waals surface area contributed by atoms with Gasteiger partial charge in [0.15, 0.2) is 0 Å². The highest BCUT2D eigenvalue weighted by Crippen LogP contribution is 2.30. The number of aromatic nitrogens is 1. The van der Waals surface area contributed by atoms with Gasteiger partial charge in [-0.1, -0.05) is 11.6 Å². The van der Waals surface area contributed by atoms with Gasteiger partial charge in [-0.25, -0.2) is 0 Å². The minimum atomic E-state index is -0.0420. The lowest BCUT2D eigenvalue weighted by molar-refractivity contribution is -0.133. The lowest BCUT2D eigenvalue weighted by Gasteiger charge is -2.27. The molecule has 128 valence electrons. The third kappa shape index (κ3) is 3.12. The van der Waals surface area contributed by atoms with Crippen molar-refractivity contribution < 1.29 is 9.59 Å². The number of piperidine rings is 1. The maximum atomic E-state index is 12.7. The summed E-state index contributed by atoms with van der Waals surface area (Å²) in [6.07, 6.45) is 6.08. The van der Waals surface area contributed by atoms with Crippen LogP contribution in [0.25, 0.3) is 0 Å². The molecule has 0 radical (unpaired) electrons. The predicted molar refractivity (Wildman–Crippen MR) is 95.5 cm³/mol. The van der Waals surface area contributed by atoms with Gasteiger partial charge in [0, 0.05) is 36.3 Å². The van der Waals surface area contributed by atoms with Crippen LogP contribution in [0.3, 0.4) is 0 Å². The molecule has 1 saturated heterocycles. The third-order valence-electron chi connectivity index (χ3n) is 4.76. The van der Waals surface area contributed by atoms with Crippen molar-refractivity contribution in [1.82, 2.24) is 9.88 Å². The van der Waals surface area contributed by atoms with Crippen LogP contribution in [0.2, 0.25) is 5.02 Å². The zero-order valence-corrected chi connectivity index (χ0v) is 14.5. The first-order valence-electron chi connectivity index (χ1n) is 8.44. The third-order valence-corrected chi connectivity index (χ3v) is 4.99. The Morgan fingerprint density at radius 3 is 2.84 bits per heavy atom. The molecule has 1 fully saturated rings. The summed E-state index contributed by atoms with van der Waals surface area (Å²) in [7, 11) is 0. The zero-order chi connectivity index (χ0) is 17.4. The van der Waals surface area contributed by atoms with Gasteiger partial charge in [0.05, 0.1) is 18.4 Å². The largest absolute Gasteiger partial charge is 0.338 e. The Balaban J connectivity index is 1.56. The van der Waals surface area contributed by atoms with Gasteiger partial charge in [-0.05, 0) is 48.2 Å². The molecule has 25 heavy (non-hydrogen) atoms. The fraction of sp³-hybridized carbons (Fsp3) is 0.316. The van der Waals surface area contributed by atoms with Crippen molar-refractivity contribution in [3.63, 3.8) is 0 Å².